The first-order valence-electron chi connectivity index (χ1n) is 8.72. The number of aliphatic hydroxyl groups excluding tert-OH is 2. The highest BCUT2D eigenvalue weighted by Gasteiger charge is 2.41. The van der Waals surface area contributed by atoms with Gasteiger partial charge in [-0.1, -0.05) is 38.5 Å². The number of likely N-dealkylation sites (tertiary alicyclic amines) is 1. The van der Waals surface area contributed by atoms with Crippen LogP contribution in [0.25, 0.3) is 0 Å². The molecule has 0 bridgehead atoms. The zero-order chi connectivity index (χ0) is 18.1. The summed E-state index contributed by atoms with van der Waals surface area (Å²) in [4.78, 5) is 28.9. The quantitative estimate of drug-likeness (QED) is 0.744. The van der Waals surface area contributed by atoms with Crippen LogP contribution in [0.2, 0.25) is 0 Å². The summed E-state index contributed by atoms with van der Waals surface area (Å²) in [5, 5.41) is 22.5. The number of nitrogens with one attached hydrogen (secondary N) is 1. The number of fused-ring (bicyclic) bond motifs is 1. The van der Waals surface area contributed by atoms with Crippen LogP contribution in [0.15, 0.2) is 24.3 Å². The maximum absolute atomic E-state index is 13.1. The van der Waals surface area contributed by atoms with Crippen molar-refractivity contribution in [2.45, 2.75) is 45.1 Å². The van der Waals surface area contributed by atoms with Gasteiger partial charge in [0.2, 0.25) is 5.91 Å². The van der Waals surface area contributed by atoms with E-state index < -0.39 is 18.2 Å². The van der Waals surface area contributed by atoms with Crippen LogP contribution >= 0.6 is 0 Å². The third-order valence-corrected chi connectivity index (χ3v) is 5.18. The lowest BCUT2D eigenvalue weighted by atomic mass is 9.97. The summed E-state index contributed by atoms with van der Waals surface area (Å²) >= 11 is 0. The molecule has 3 N–H and O–H groups in total. The van der Waals surface area contributed by atoms with Gasteiger partial charge in [-0.2, -0.15) is 0 Å². The summed E-state index contributed by atoms with van der Waals surface area (Å²) in [6, 6.07) is 6.52. The number of para-hydroxylation sites is 1. The molecule has 0 saturated carbocycles. The molecule has 0 aromatic heterocycles. The predicted molar refractivity (Wildman–Crippen MR) is 92.8 cm³/mol. The molecule has 0 radical (unpaired) electrons. The van der Waals surface area contributed by atoms with Gasteiger partial charge >= 0.3 is 6.03 Å². The molecule has 3 amide bonds. The molecule has 136 valence electrons. The van der Waals surface area contributed by atoms with Crippen LogP contribution in [0.3, 0.4) is 0 Å². The third-order valence-electron chi connectivity index (χ3n) is 5.18. The Morgan fingerprint density at radius 1 is 1.28 bits per heavy atom. The Hall–Kier alpha value is -2.12. The number of carbonyl (C=O) groups is 2. The number of aliphatic hydroxyl groups is 2. The van der Waals surface area contributed by atoms with E-state index in [-0.39, 0.29) is 30.9 Å². The van der Waals surface area contributed by atoms with Gasteiger partial charge in [0, 0.05) is 5.69 Å². The van der Waals surface area contributed by atoms with E-state index in [9.17, 15) is 19.8 Å². The molecule has 7 heteroatoms. The van der Waals surface area contributed by atoms with E-state index in [1.54, 1.807) is 4.90 Å². The van der Waals surface area contributed by atoms with Crippen molar-refractivity contribution in [2.75, 3.05) is 18.4 Å². The summed E-state index contributed by atoms with van der Waals surface area (Å²) in [5.74, 6) is -0.219. The molecule has 1 saturated heterocycles. The van der Waals surface area contributed by atoms with Crippen molar-refractivity contribution in [3.05, 3.63) is 29.8 Å². The smallest absolute Gasteiger partial charge is 0.321 e. The first-order chi connectivity index (χ1) is 11.9. The van der Waals surface area contributed by atoms with Crippen molar-refractivity contribution in [2.24, 2.45) is 5.92 Å². The van der Waals surface area contributed by atoms with Gasteiger partial charge in [0.05, 0.1) is 31.8 Å². The van der Waals surface area contributed by atoms with Crippen LogP contribution < -0.4 is 5.32 Å². The fourth-order valence-electron chi connectivity index (χ4n) is 3.49. The summed E-state index contributed by atoms with van der Waals surface area (Å²) in [6.45, 7) is 4.40. The molecule has 0 aliphatic carbocycles. The van der Waals surface area contributed by atoms with Crippen molar-refractivity contribution in [3.63, 3.8) is 0 Å². The molecule has 3 rings (SSSR count). The molecular formula is C18H25N3O4. The van der Waals surface area contributed by atoms with Crippen LogP contribution in [0.5, 0.6) is 0 Å². The van der Waals surface area contributed by atoms with E-state index in [0.717, 1.165) is 17.7 Å². The Labute approximate surface area is 147 Å². The number of anilines is 1. The molecule has 4 atom stereocenters. The molecule has 7 nitrogen and oxygen atoms in total. The lowest BCUT2D eigenvalue weighted by Gasteiger charge is -2.35. The van der Waals surface area contributed by atoms with Crippen molar-refractivity contribution < 1.29 is 19.8 Å². The minimum absolute atomic E-state index is 0.0179. The fourth-order valence-corrected chi connectivity index (χ4v) is 3.49. The maximum Gasteiger partial charge on any atom is 0.321 e. The molecule has 2 aliphatic rings. The van der Waals surface area contributed by atoms with Crippen LogP contribution in [-0.4, -0.2) is 63.3 Å². The van der Waals surface area contributed by atoms with Gasteiger partial charge in [0.1, 0.15) is 6.04 Å². The van der Waals surface area contributed by atoms with Gasteiger partial charge in [-0.15, -0.1) is 0 Å². The first-order valence-corrected chi connectivity index (χ1v) is 8.72. The Balaban J connectivity index is 1.94. The van der Waals surface area contributed by atoms with Gasteiger partial charge in [-0.3, -0.25) is 4.79 Å². The second-order valence-electron chi connectivity index (χ2n) is 6.93. The van der Waals surface area contributed by atoms with E-state index in [0.29, 0.717) is 6.54 Å². The third kappa shape index (κ3) is 3.34. The van der Waals surface area contributed by atoms with Crippen molar-refractivity contribution in [1.82, 2.24) is 9.80 Å². The van der Waals surface area contributed by atoms with Crippen LogP contribution in [-0.2, 0) is 11.3 Å². The van der Waals surface area contributed by atoms with E-state index >= 15 is 0 Å². The molecule has 2 heterocycles. The summed E-state index contributed by atoms with van der Waals surface area (Å²) in [6.07, 6.45) is -1.14. The number of urea groups is 1. The maximum atomic E-state index is 13.1. The number of hydrogen-bond acceptors (Lipinski definition) is 4. The molecular weight excluding hydrogens is 322 g/mol. The largest absolute Gasteiger partial charge is 0.388 e. The van der Waals surface area contributed by atoms with E-state index in [4.69, 9.17) is 0 Å². The average molecular weight is 347 g/mol. The second-order valence-corrected chi connectivity index (χ2v) is 6.93. The first kappa shape index (κ1) is 17.7. The normalized spacial score (nSPS) is 27.5. The highest BCUT2D eigenvalue weighted by molar-refractivity contribution is 5.98. The average Bonchev–Trinajstić information content (AvgIpc) is 2.85. The van der Waals surface area contributed by atoms with Gasteiger partial charge < -0.3 is 25.3 Å². The van der Waals surface area contributed by atoms with Gasteiger partial charge in [0.15, 0.2) is 0 Å². The number of carbonyl (C=O) groups excluding carboxylic acids is 2. The van der Waals surface area contributed by atoms with Gasteiger partial charge in [0.25, 0.3) is 0 Å². The lowest BCUT2D eigenvalue weighted by Crippen LogP contribution is -2.53. The Morgan fingerprint density at radius 3 is 2.56 bits per heavy atom. The molecule has 1 aromatic carbocycles. The molecule has 2 aliphatic heterocycles. The summed E-state index contributed by atoms with van der Waals surface area (Å²) in [7, 11) is 0. The van der Waals surface area contributed by atoms with Crippen LogP contribution in [0.1, 0.15) is 25.8 Å². The van der Waals surface area contributed by atoms with E-state index in [1.165, 1.54) is 4.90 Å². The van der Waals surface area contributed by atoms with Crippen LogP contribution in [0, 0.1) is 5.92 Å². The number of rotatable bonds is 2. The molecule has 25 heavy (non-hydrogen) atoms. The topological polar surface area (TPSA) is 93.1 Å². The summed E-state index contributed by atoms with van der Waals surface area (Å²) in [5.41, 5.74) is 1.59. The number of amides is 3. The number of benzene rings is 1. The summed E-state index contributed by atoms with van der Waals surface area (Å²) < 4.78 is 0. The standard InChI is InChI=1S/C18H25N3O4/c1-3-11(2)16-17(24)19-13-7-5-4-6-12(13)8-21(16)18(25)20-9-14(22)15(23)10-20/h4-7,11,14-16,22-23H,3,8-10H2,1-2H3,(H,19,24)/t11-,14-,15+,16-/m0/s1. The number of β-amino-alcohol motifs (C(OH)–C–C–N with tert-alkyl or cyclic N) is 2. The zero-order valence-electron chi connectivity index (χ0n) is 14.6. The van der Waals surface area contributed by atoms with Crippen molar-refractivity contribution in [1.29, 1.82) is 0 Å². The fraction of sp³-hybridized carbons (Fsp3) is 0.556. The highest BCUT2D eigenvalue weighted by Crippen LogP contribution is 2.28. The minimum atomic E-state index is -0.945. The van der Waals surface area contributed by atoms with Crippen LogP contribution in [0.4, 0.5) is 10.5 Å². The van der Waals surface area contributed by atoms with Gasteiger partial charge in [-0.25, -0.2) is 4.79 Å². The van der Waals surface area contributed by atoms with Gasteiger partial charge in [-0.05, 0) is 17.5 Å². The molecule has 1 fully saturated rings. The monoisotopic (exact) mass is 347 g/mol. The van der Waals surface area contributed by atoms with E-state index in [1.807, 2.05) is 38.1 Å². The lowest BCUT2D eigenvalue weighted by molar-refractivity contribution is -0.122. The Bertz CT molecular complexity index is 655. The Morgan fingerprint density at radius 2 is 1.92 bits per heavy atom. The number of nitrogens with zero attached hydrogens (tertiary/aromatic N) is 2. The second kappa shape index (κ2) is 7.01. The van der Waals surface area contributed by atoms with Crippen molar-refractivity contribution >= 4 is 17.6 Å². The van der Waals surface area contributed by atoms with Crippen molar-refractivity contribution in [3.8, 4) is 0 Å². The predicted octanol–water partition coefficient (Wildman–Crippen LogP) is 1.01. The Kier molecular flexibility index (Phi) is 4.96. The molecule has 0 unspecified atom stereocenters. The highest BCUT2D eigenvalue weighted by atomic mass is 16.3. The number of hydrogen-bond donors (Lipinski definition) is 3. The van der Waals surface area contributed by atoms with E-state index in [2.05, 4.69) is 5.32 Å². The molecule has 1 aromatic rings. The SMILES string of the molecule is CC[C@H](C)[C@H]1C(=O)Nc2ccccc2CN1C(=O)N1C[C@@H](O)[C@@H](O)C1. The zero-order valence-corrected chi connectivity index (χ0v) is 14.6. The molecule has 0 spiro atoms. The minimum Gasteiger partial charge on any atom is -0.388 e.